The molecule has 1 aromatic carbocycles. The predicted molar refractivity (Wildman–Crippen MR) is 56.5 cm³/mol. The van der Waals surface area contributed by atoms with Crippen LogP contribution in [0.15, 0.2) is 30.5 Å². The Balaban J connectivity index is 0.00000112. The molecule has 0 amide bonds. The number of para-hydroxylation sites is 1. The van der Waals surface area contributed by atoms with Crippen LogP contribution in [0.1, 0.15) is 5.69 Å². The van der Waals surface area contributed by atoms with Crippen LogP contribution < -0.4 is 5.73 Å². The third kappa shape index (κ3) is 2.31. The average Bonchev–Trinajstić information content (AvgIpc) is 2.67. The Hall–Kier alpha value is -1.46. The van der Waals surface area contributed by atoms with E-state index in [2.05, 4.69) is 10.3 Å². The van der Waals surface area contributed by atoms with E-state index in [1.807, 2.05) is 0 Å². The minimum Gasteiger partial charge on any atom is -0.325 e. The molecule has 2 aromatic rings. The van der Waals surface area contributed by atoms with Gasteiger partial charge in [-0.3, -0.25) is 0 Å². The molecule has 0 saturated carbocycles. The lowest BCUT2D eigenvalue weighted by Crippen LogP contribution is -1.98. The Bertz CT molecular complexity index is 443. The van der Waals surface area contributed by atoms with Gasteiger partial charge < -0.3 is 5.73 Å². The zero-order valence-electron chi connectivity index (χ0n) is 7.80. The highest BCUT2D eigenvalue weighted by Gasteiger charge is 2.05. The molecule has 1 aromatic heterocycles. The van der Waals surface area contributed by atoms with E-state index in [1.165, 1.54) is 10.7 Å². The van der Waals surface area contributed by atoms with E-state index in [4.69, 9.17) is 5.73 Å². The van der Waals surface area contributed by atoms with Crippen LogP contribution >= 0.6 is 12.4 Å². The minimum atomic E-state index is -0.332. The largest absolute Gasteiger partial charge is 0.325 e. The highest BCUT2D eigenvalue weighted by Crippen LogP contribution is 2.10. The topological polar surface area (TPSA) is 56.7 Å². The van der Waals surface area contributed by atoms with Crippen molar-refractivity contribution in [1.82, 2.24) is 15.0 Å². The molecule has 0 fully saturated rings. The molecule has 0 aliphatic rings. The first-order chi connectivity index (χ1) is 6.81. The Morgan fingerprint density at radius 1 is 1.33 bits per heavy atom. The lowest BCUT2D eigenvalue weighted by Gasteiger charge is -1.99. The molecule has 0 aliphatic carbocycles. The second-order valence-electron chi connectivity index (χ2n) is 2.81. The second kappa shape index (κ2) is 4.86. The Labute approximate surface area is 92.3 Å². The highest BCUT2D eigenvalue weighted by atomic mass is 35.5. The highest BCUT2D eigenvalue weighted by molar-refractivity contribution is 5.85. The summed E-state index contributed by atoms with van der Waals surface area (Å²) in [7, 11) is 0. The van der Waals surface area contributed by atoms with Crippen LogP contribution in [0, 0.1) is 5.82 Å². The normalized spacial score (nSPS) is 9.73. The van der Waals surface area contributed by atoms with Gasteiger partial charge in [-0.05, 0) is 12.1 Å². The molecule has 1 heterocycles. The van der Waals surface area contributed by atoms with Crippen molar-refractivity contribution in [3.05, 3.63) is 42.0 Å². The van der Waals surface area contributed by atoms with Crippen molar-refractivity contribution in [1.29, 1.82) is 0 Å². The second-order valence-corrected chi connectivity index (χ2v) is 2.81. The lowest BCUT2D eigenvalue weighted by molar-refractivity contribution is 0.607. The molecule has 2 N–H and O–H groups in total. The minimum absolute atomic E-state index is 0. The Morgan fingerprint density at radius 3 is 2.67 bits per heavy atom. The molecule has 2 rings (SSSR count). The van der Waals surface area contributed by atoms with Crippen molar-refractivity contribution >= 4 is 12.4 Å². The monoisotopic (exact) mass is 228 g/mol. The summed E-state index contributed by atoms with van der Waals surface area (Å²) in [6.45, 7) is 0.300. The number of hydrogen-bond acceptors (Lipinski definition) is 3. The van der Waals surface area contributed by atoms with Crippen LogP contribution in [0.25, 0.3) is 5.69 Å². The Morgan fingerprint density at radius 2 is 2.07 bits per heavy atom. The quantitative estimate of drug-likeness (QED) is 0.843. The molecule has 4 nitrogen and oxygen atoms in total. The summed E-state index contributed by atoms with van der Waals surface area (Å²) < 4.78 is 14.6. The number of halogens is 2. The maximum atomic E-state index is 13.3. The van der Waals surface area contributed by atoms with Gasteiger partial charge in [0.1, 0.15) is 11.5 Å². The van der Waals surface area contributed by atoms with Gasteiger partial charge in [0.15, 0.2) is 0 Å². The molecule has 0 saturated heterocycles. The fraction of sp³-hybridized carbons (Fsp3) is 0.111. The average molecular weight is 229 g/mol. The van der Waals surface area contributed by atoms with E-state index >= 15 is 0 Å². The van der Waals surface area contributed by atoms with Crippen molar-refractivity contribution in [2.75, 3.05) is 0 Å². The van der Waals surface area contributed by atoms with Gasteiger partial charge >= 0.3 is 0 Å². The summed E-state index contributed by atoms with van der Waals surface area (Å²) >= 11 is 0. The van der Waals surface area contributed by atoms with Crippen LogP contribution in [-0.2, 0) is 6.54 Å². The van der Waals surface area contributed by atoms with Gasteiger partial charge in [0, 0.05) is 6.54 Å². The van der Waals surface area contributed by atoms with Crippen molar-refractivity contribution in [3.63, 3.8) is 0 Å². The molecule has 0 unspecified atom stereocenters. The summed E-state index contributed by atoms with van der Waals surface area (Å²) in [5.74, 6) is -0.332. The van der Waals surface area contributed by atoms with E-state index in [9.17, 15) is 4.39 Å². The molecule has 80 valence electrons. The SMILES string of the molecule is Cl.NCc1cn(-c2ccccc2F)nn1. The molecular weight excluding hydrogens is 219 g/mol. The molecular formula is C9H10ClFN4. The van der Waals surface area contributed by atoms with Gasteiger partial charge in [0.05, 0.1) is 11.9 Å². The standard InChI is InChI=1S/C9H9FN4.ClH/c10-8-3-1-2-4-9(8)14-6-7(5-11)12-13-14;/h1-4,6H,5,11H2;1H. The van der Waals surface area contributed by atoms with Gasteiger partial charge in [-0.1, -0.05) is 17.3 Å². The summed E-state index contributed by atoms with van der Waals surface area (Å²) in [6.07, 6.45) is 1.61. The number of hydrogen-bond donors (Lipinski definition) is 1. The molecule has 0 radical (unpaired) electrons. The summed E-state index contributed by atoms with van der Waals surface area (Å²) in [5.41, 5.74) is 6.38. The molecule has 0 atom stereocenters. The molecule has 0 bridgehead atoms. The van der Waals surface area contributed by atoms with Gasteiger partial charge in [-0.15, -0.1) is 17.5 Å². The number of benzene rings is 1. The number of nitrogens with two attached hydrogens (primary N) is 1. The van der Waals surface area contributed by atoms with Crippen molar-refractivity contribution in [2.45, 2.75) is 6.54 Å². The fourth-order valence-corrected chi connectivity index (χ4v) is 1.15. The predicted octanol–water partition coefficient (Wildman–Crippen LogP) is 1.29. The summed E-state index contributed by atoms with van der Waals surface area (Å²) in [4.78, 5) is 0. The number of nitrogens with zero attached hydrogens (tertiary/aromatic N) is 3. The van der Waals surface area contributed by atoms with Crippen LogP contribution in [-0.4, -0.2) is 15.0 Å². The van der Waals surface area contributed by atoms with Crippen LogP contribution in [0.4, 0.5) is 4.39 Å². The third-order valence-corrected chi connectivity index (χ3v) is 1.85. The molecule has 0 aliphatic heterocycles. The van der Waals surface area contributed by atoms with Crippen molar-refractivity contribution in [2.24, 2.45) is 5.73 Å². The first-order valence-electron chi connectivity index (χ1n) is 4.17. The smallest absolute Gasteiger partial charge is 0.148 e. The van der Waals surface area contributed by atoms with Crippen LogP contribution in [0.5, 0.6) is 0 Å². The van der Waals surface area contributed by atoms with Crippen LogP contribution in [0.3, 0.4) is 0 Å². The van der Waals surface area contributed by atoms with Gasteiger partial charge in [-0.2, -0.15) is 0 Å². The third-order valence-electron chi connectivity index (χ3n) is 1.85. The zero-order valence-corrected chi connectivity index (χ0v) is 8.62. The molecule has 0 spiro atoms. The number of aromatic nitrogens is 3. The maximum absolute atomic E-state index is 13.3. The molecule has 6 heteroatoms. The first-order valence-corrected chi connectivity index (χ1v) is 4.17. The van der Waals surface area contributed by atoms with Gasteiger partial charge in [-0.25, -0.2) is 9.07 Å². The maximum Gasteiger partial charge on any atom is 0.148 e. The zero-order chi connectivity index (χ0) is 9.97. The molecule has 15 heavy (non-hydrogen) atoms. The van der Waals surface area contributed by atoms with Crippen LogP contribution in [0.2, 0.25) is 0 Å². The van der Waals surface area contributed by atoms with E-state index in [0.717, 1.165) is 0 Å². The fourth-order valence-electron chi connectivity index (χ4n) is 1.15. The number of rotatable bonds is 2. The van der Waals surface area contributed by atoms with Crippen molar-refractivity contribution in [3.8, 4) is 5.69 Å². The summed E-state index contributed by atoms with van der Waals surface area (Å²) in [5, 5.41) is 7.54. The van der Waals surface area contributed by atoms with E-state index < -0.39 is 0 Å². The van der Waals surface area contributed by atoms with E-state index in [0.29, 0.717) is 17.9 Å². The first kappa shape index (κ1) is 11.6. The van der Waals surface area contributed by atoms with E-state index in [-0.39, 0.29) is 18.2 Å². The summed E-state index contributed by atoms with van der Waals surface area (Å²) in [6, 6.07) is 6.37. The van der Waals surface area contributed by atoms with Gasteiger partial charge in [0.25, 0.3) is 0 Å². The van der Waals surface area contributed by atoms with Crippen molar-refractivity contribution < 1.29 is 4.39 Å². The van der Waals surface area contributed by atoms with E-state index in [1.54, 1.807) is 24.4 Å². The lowest BCUT2D eigenvalue weighted by atomic mass is 10.3. The van der Waals surface area contributed by atoms with Gasteiger partial charge in [0.2, 0.25) is 0 Å². The Kier molecular flexibility index (Phi) is 3.76.